The number of benzene rings is 3. The third-order valence-corrected chi connectivity index (χ3v) is 5.69. The van der Waals surface area contributed by atoms with Crippen LogP contribution in [-0.4, -0.2) is 28.1 Å². The molecule has 0 spiro atoms. The van der Waals surface area contributed by atoms with Gasteiger partial charge in [-0.15, -0.1) is 0 Å². The SMILES string of the molecule is COc1ccc(/C=C2/SC(=O)N(Cc3cccc4ccccc34)C2=O)cc1[N+](=O)[O-]. The highest BCUT2D eigenvalue weighted by Gasteiger charge is 2.35. The fraction of sp³-hybridized carbons (Fsp3) is 0.0909. The Morgan fingerprint density at radius 2 is 1.87 bits per heavy atom. The molecule has 8 heteroatoms. The molecule has 0 atom stereocenters. The van der Waals surface area contributed by atoms with Gasteiger partial charge in [0.2, 0.25) is 0 Å². The molecule has 0 radical (unpaired) electrons. The van der Waals surface area contributed by atoms with Crippen molar-refractivity contribution in [3.05, 3.63) is 86.8 Å². The third kappa shape index (κ3) is 3.65. The van der Waals surface area contributed by atoms with Gasteiger partial charge < -0.3 is 4.74 Å². The van der Waals surface area contributed by atoms with E-state index in [2.05, 4.69) is 0 Å². The Morgan fingerprint density at radius 1 is 1.10 bits per heavy atom. The van der Waals surface area contributed by atoms with E-state index in [1.807, 2.05) is 42.5 Å². The number of carbonyl (C=O) groups is 2. The molecule has 0 saturated carbocycles. The summed E-state index contributed by atoms with van der Waals surface area (Å²) in [6, 6.07) is 17.9. The van der Waals surface area contributed by atoms with Crippen LogP contribution in [0.2, 0.25) is 0 Å². The minimum Gasteiger partial charge on any atom is -0.490 e. The summed E-state index contributed by atoms with van der Waals surface area (Å²) in [7, 11) is 1.35. The van der Waals surface area contributed by atoms with Crippen LogP contribution >= 0.6 is 11.8 Å². The minimum atomic E-state index is -0.553. The monoisotopic (exact) mass is 420 g/mol. The molecular weight excluding hydrogens is 404 g/mol. The molecular formula is C22H16N2O5S. The van der Waals surface area contributed by atoms with Crippen LogP contribution in [-0.2, 0) is 11.3 Å². The topological polar surface area (TPSA) is 89.8 Å². The number of ether oxygens (including phenoxy) is 1. The van der Waals surface area contributed by atoms with E-state index >= 15 is 0 Å². The first-order chi connectivity index (χ1) is 14.5. The number of nitrogens with zero attached hydrogens (tertiary/aromatic N) is 2. The molecule has 1 fully saturated rings. The van der Waals surface area contributed by atoms with Crippen LogP contribution in [0.25, 0.3) is 16.8 Å². The molecule has 4 rings (SSSR count). The number of nitro benzene ring substituents is 1. The van der Waals surface area contributed by atoms with E-state index in [-0.39, 0.29) is 28.1 Å². The lowest BCUT2D eigenvalue weighted by atomic mass is 10.0. The van der Waals surface area contributed by atoms with Crippen molar-refractivity contribution in [2.75, 3.05) is 7.11 Å². The van der Waals surface area contributed by atoms with E-state index in [9.17, 15) is 19.7 Å². The molecule has 2 amide bonds. The van der Waals surface area contributed by atoms with Crippen LogP contribution in [0.1, 0.15) is 11.1 Å². The van der Waals surface area contributed by atoms with Gasteiger partial charge in [-0.3, -0.25) is 24.6 Å². The maximum atomic E-state index is 12.9. The number of hydrogen-bond donors (Lipinski definition) is 0. The van der Waals surface area contributed by atoms with Crippen molar-refractivity contribution in [2.24, 2.45) is 0 Å². The molecule has 0 bridgehead atoms. The van der Waals surface area contributed by atoms with Gasteiger partial charge in [-0.05, 0) is 45.8 Å². The molecule has 3 aromatic carbocycles. The van der Waals surface area contributed by atoms with Gasteiger partial charge in [-0.25, -0.2) is 0 Å². The highest BCUT2D eigenvalue weighted by molar-refractivity contribution is 8.18. The number of imide groups is 1. The summed E-state index contributed by atoms with van der Waals surface area (Å²) < 4.78 is 4.99. The highest BCUT2D eigenvalue weighted by Crippen LogP contribution is 2.35. The van der Waals surface area contributed by atoms with Crippen LogP contribution in [0, 0.1) is 10.1 Å². The van der Waals surface area contributed by atoms with Crippen molar-refractivity contribution in [3.8, 4) is 5.75 Å². The number of fused-ring (bicyclic) bond motifs is 1. The van der Waals surface area contributed by atoms with Gasteiger partial charge in [0.1, 0.15) is 0 Å². The lowest BCUT2D eigenvalue weighted by Gasteiger charge is -2.14. The van der Waals surface area contributed by atoms with Gasteiger partial charge in [0.05, 0.1) is 23.5 Å². The molecule has 0 N–H and O–H groups in total. The van der Waals surface area contributed by atoms with Crippen molar-refractivity contribution < 1.29 is 19.2 Å². The van der Waals surface area contributed by atoms with E-state index in [1.165, 1.54) is 30.2 Å². The lowest BCUT2D eigenvalue weighted by Crippen LogP contribution is -2.27. The van der Waals surface area contributed by atoms with Gasteiger partial charge in [-0.1, -0.05) is 48.5 Å². The molecule has 0 aliphatic carbocycles. The summed E-state index contributed by atoms with van der Waals surface area (Å²) in [5, 5.41) is 12.9. The molecule has 3 aromatic rings. The van der Waals surface area contributed by atoms with Crippen LogP contribution in [0.5, 0.6) is 5.75 Å². The molecule has 30 heavy (non-hydrogen) atoms. The zero-order valence-corrected chi connectivity index (χ0v) is 16.7. The first-order valence-electron chi connectivity index (χ1n) is 9.02. The molecule has 0 aromatic heterocycles. The normalized spacial score (nSPS) is 15.2. The Bertz CT molecular complexity index is 1220. The molecule has 1 saturated heterocycles. The Kier molecular flexibility index (Phi) is 5.24. The zero-order valence-electron chi connectivity index (χ0n) is 15.9. The minimum absolute atomic E-state index is 0.126. The fourth-order valence-corrected chi connectivity index (χ4v) is 4.17. The Labute approximate surface area is 176 Å². The second-order valence-corrected chi connectivity index (χ2v) is 7.59. The van der Waals surface area contributed by atoms with Gasteiger partial charge in [0, 0.05) is 6.07 Å². The number of thioether (sulfide) groups is 1. The maximum Gasteiger partial charge on any atom is 0.311 e. The summed E-state index contributed by atoms with van der Waals surface area (Å²) in [4.78, 5) is 37.4. The summed E-state index contributed by atoms with van der Waals surface area (Å²) in [5.41, 5.74) is 1.11. The predicted molar refractivity (Wildman–Crippen MR) is 115 cm³/mol. The molecule has 150 valence electrons. The highest BCUT2D eigenvalue weighted by atomic mass is 32.2. The van der Waals surface area contributed by atoms with Gasteiger partial charge in [0.15, 0.2) is 5.75 Å². The fourth-order valence-electron chi connectivity index (χ4n) is 3.33. The van der Waals surface area contributed by atoms with E-state index in [1.54, 1.807) is 6.07 Å². The van der Waals surface area contributed by atoms with Crippen molar-refractivity contribution in [1.82, 2.24) is 4.90 Å². The van der Waals surface area contributed by atoms with E-state index in [0.717, 1.165) is 28.1 Å². The Morgan fingerprint density at radius 3 is 2.63 bits per heavy atom. The number of carbonyl (C=O) groups excluding carboxylic acids is 2. The standard InChI is InChI=1S/C22H16N2O5S/c1-29-19-10-9-14(11-18(19)24(27)28)12-20-21(25)23(22(26)30-20)13-16-7-4-6-15-5-2-3-8-17(15)16/h2-12H,13H2,1H3/b20-12+. The summed E-state index contributed by atoms with van der Waals surface area (Å²) in [6.07, 6.45) is 1.49. The maximum absolute atomic E-state index is 12.9. The van der Waals surface area contributed by atoms with E-state index < -0.39 is 10.8 Å². The van der Waals surface area contributed by atoms with Crippen LogP contribution in [0.4, 0.5) is 10.5 Å². The second-order valence-electron chi connectivity index (χ2n) is 6.59. The van der Waals surface area contributed by atoms with Crippen molar-refractivity contribution in [3.63, 3.8) is 0 Å². The zero-order chi connectivity index (χ0) is 21.3. The predicted octanol–water partition coefficient (Wildman–Crippen LogP) is 4.99. The average Bonchev–Trinajstić information content (AvgIpc) is 3.01. The third-order valence-electron chi connectivity index (χ3n) is 4.78. The molecule has 1 aliphatic heterocycles. The van der Waals surface area contributed by atoms with Crippen LogP contribution in [0.15, 0.2) is 65.6 Å². The van der Waals surface area contributed by atoms with Crippen molar-refractivity contribution in [2.45, 2.75) is 6.54 Å². The average molecular weight is 420 g/mol. The van der Waals surface area contributed by atoms with Crippen LogP contribution in [0.3, 0.4) is 0 Å². The van der Waals surface area contributed by atoms with Crippen LogP contribution < -0.4 is 4.74 Å². The number of methoxy groups -OCH3 is 1. The quantitative estimate of drug-likeness (QED) is 0.328. The van der Waals surface area contributed by atoms with E-state index in [0.29, 0.717) is 5.56 Å². The molecule has 7 nitrogen and oxygen atoms in total. The molecule has 0 unspecified atom stereocenters. The number of rotatable bonds is 5. The summed E-state index contributed by atoms with van der Waals surface area (Å²) in [5.74, 6) is -0.294. The summed E-state index contributed by atoms with van der Waals surface area (Å²) >= 11 is 0.823. The first-order valence-corrected chi connectivity index (χ1v) is 9.84. The Balaban J connectivity index is 1.63. The first kappa shape index (κ1) is 19.7. The van der Waals surface area contributed by atoms with Crippen molar-refractivity contribution >= 4 is 45.4 Å². The molecule has 1 heterocycles. The number of nitro groups is 1. The lowest BCUT2D eigenvalue weighted by molar-refractivity contribution is -0.385. The van der Waals surface area contributed by atoms with Crippen molar-refractivity contribution in [1.29, 1.82) is 0 Å². The van der Waals surface area contributed by atoms with Gasteiger partial charge >= 0.3 is 5.69 Å². The van der Waals surface area contributed by atoms with E-state index in [4.69, 9.17) is 4.74 Å². The summed E-state index contributed by atoms with van der Waals surface area (Å²) in [6.45, 7) is 0.159. The number of amides is 2. The largest absolute Gasteiger partial charge is 0.490 e. The number of hydrogen-bond acceptors (Lipinski definition) is 6. The molecule has 1 aliphatic rings. The van der Waals surface area contributed by atoms with Gasteiger partial charge in [-0.2, -0.15) is 0 Å². The second kappa shape index (κ2) is 8.00. The Hall–Kier alpha value is -3.65. The smallest absolute Gasteiger partial charge is 0.311 e. The van der Waals surface area contributed by atoms with Gasteiger partial charge in [0.25, 0.3) is 11.1 Å².